The number of piperidine rings is 1. The van der Waals surface area contributed by atoms with Gasteiger partial charge in [-0.25, -0.2) is 9.97 Å². The van der Waals surface area contributed by atoms with Gasteiger partial charge in [-0.1, -0.05) is 66.7 Å². The lowest BCUT2D eigenvalue weighted by atomic mass is 9.93. The van der Waals surface area contributed by atoms with Crippen molar-refractivity contribution < 1.29 is 24.1 Å². The first-order valence-corrected chi connectivity index (χ1v) is 13.3. The summed E-state index contributed by atoms with van der Waals surface area (Å²) in [5.74, 6) is 1.07. The molecule has 4 aromatic rings. The van der Waals surface area contributed by atoms with Gasteiger partial charge in [0.15, 0.2) is 5.75 Å². The van der Waals surface area contributed by atoms with Crippen LogP contribution in [0.15, 0.2) is 85.2 Å². The molecule has 39 heavy (non-hydrogen) atoms. The molecule has 2 heterocycles. The number of rotatable bonds is 11. The van der Waals surface area contributed by atoms with E-state index >= 15 is 0 Å². The number of nitrogens with zero attached hydrogens (tertiary/aromatic N) is 3. The van der Waals surface area contributed by atoms with Gasteiger partial charge < -0.3 is 29.0 Å². The largest absolute Gasteiger partial charge is 0.530 e. The molecule has 8 heteroatoms. The van der Waals surface area contributed by atoms with E-state index in [9.17, 15) is 9.90 Å². The van der Waals surface area contributed by atoms with Gasteiger partial charge >= 0.3 is 0 Å². The lowest BCUT2D eigenvalue weighted by Crippen LogP contribution is -2.51. The Labute approximate surface area is 228 Å². The molecular formula is C31H32N3O5-. The summed E-state index contributed by atoms with van der Waals surface area (Å²) >= 11 is 0. The van der Waals surface area contributed by atoms with Crippen LogP contribution < -0.4 is 9.84 Å². The van der Waals surface area contributed by atoms with Gasteiger partial charge in [0.25, 0.3) is 0 Å². The number of hydrogen-bond acceptors (Lipinski definition) is 7. The number of carboxylic acid groups (broad SMARTS) is 1. The van der Waals surface area contributed by atoms with Crippen molar-refractivity contribution in [1.82, 2.24) is 14.9 Å². The third-order valence-electron chi connectivity index (χ3n) is 6.89. The molecule has 1 amide bonds. The predicted molar refractivity (Wildman–Crippen MR) is 145 cm³/mol. The second-order valence-corrected chi connectivity index (χ2v) is 9.66. The van der Waals surface area contributed by atoms with E-state index in [1.54, 1.807) is 12.4 Å². The zero-order chi connectivity index (χ0) is 26.9. The maximum absolute atomic E-state index is 11.5. The smallest absolute Gasteiger partial charge is 0.155 e. The van der Waals surface area contributed by atoms with Gasteiger partial charge in [-0.05, 0) is 34.4 Å². The zero-order valence-electron chi connectivity index (χ0n) is 21.8. The van der Waals surface area contributed by atoms with Crippen LogP contribution in [0.4, 0.5) is 4.79 Å². The molecule has 1 aromatic heterocycles. The molecule has 2 unspecified atom stereocenters. The van der Waals surface area contributed by atoms with Gasteiger partial charge in [0.2, 0.25) is 0 Å². The molecule has 0 aliphatic carbocycles. The summed E-state index contributed by atoms with van der Waals surface area (Å²) in [6, 6.07) is 24.4. The first kappa shape index (κ1) is 26.6. The molecule has 202 valence electrons. The van der Waals surface area contributed by atoms with E-state index in [4.69, 9.17) is 14.2 Å². The average molecular weight is 527 g/mol. The van der Waals surface area contributed by atoms with Gasteiger partial charge in [0.05, 0.1) is 44.9 Å². The fraction of sp³-hybridized carbons (Fsp3) is 0.323. The normalized spacial score (nSPS) is 17.3. The van der Waals surface area contributed by atoms with Crippen LogP contribution in [0.2, 0.25) is 0 Å². The molecule has 1 aliphatic heterocycles. The molecule has 0 bridgehead atoms. The SMILES string of the molecule is O=C([O-])N1CCC(c2ncc(OCCCOCc3ccccc3)cn2)C(OCc2ccc3ccccc3c2)C1. The van der Waals surface area contributed by atoms with Gasteiger partial charge in [-0.15, -0.1) is 0 Å². The molecule has 8 nitrogen and oxygen atoms in total. The summed E-state index contributed by atoms with van der Waals surface area (Å²) in [5, 5.41) is 13.8. The van der Waals surface area contributed by atoms with E-state index in [-0.39, 0.29) is 12.5 Å². The number of carbonyl (C=O) groups is 1. The van der Waals surface area contributed by atoms with Crippen molar-refractivity contribution in [3.05, 3.63) is 102 Å². The fourth-order valence-corrected chi connectivity index (χ4v) is 4.79. The molecule has 1 saturated heterocycles. The molecular weight excluding hydrogens is 494 g/mol. The second kappa shape index (κ2) is 13.2. The molecule has 0 N–H and O–H groups in total. The Balaban J connectivity index is 1.14. The summed E-state index contributed by atoms with van der Waals surface area (Å²) in [7, 11) is 0. The molecule has 0 radical (unpaired) electrons. The van der Waals surface area contributed by atoms with Crippen LogP contribution in [0, 0.1) is 0 Å². The van der Waals surface area contributed by atoms with E-state index in [1.165, 1.54) is 4.90 Å². The number of ether oxygens (including phenoxy) is 3. The Morgan fingerprint density at radius 2 is 1.67 bits per heavy atom. The van der Waals surface area contributed by atoms with Crippen molar-refractivity contribution in [3.63, 3.8) is 0 Å². The minimum absolute atomic E-state index is 0.138. The third kappa shape index (κ3) is 7.31. The average Bonchev–Trinajstić information content (AvgIpc) is 2.98. The maximum Gasteiger partial charge on any atom is 0.155 e. The van der Waals surface area contributed by atoms with E-state index in [1.807, 2.05) is 48.5 Å². The highest BCUT2D eigenvalue weighted by atomic mass is 16.5. The predicted octanol–water partition coefficient (Wildman–Crippen LogP) is 4.33. The Morgan fingerprint density at radius 3 is 2.46 bits per heavy atom. The van der Waals surface area contributed by atoms with Gasteiger partial charge in [-0.2, -0.15) is 0 Å². The summed E-state index contributed by atoms with van der Waals surface area (Å²) in [4.78, 5) is 21.9. The number of likely N-dealkylation sites (tertiary alicyclic amines) is 1. The molecule has 0 spiro atoms. The number of amides is 1. The highest BCUT2D eigenvalue weighted by Crippen LogP contribution is 2.30. The number of benzene rings is 3. The van der Waals surface area contributed by atoms with Crippen molar-refractivity contribution in [2.75, 3.05) is 26.3 Å². The van der Waals surface area contributed by atoms with E-state index in [0.29, 0.717) is 51.0 Å². The van der Waals surface area contributed by atoms with E-state index in [0.717, 1.165) is 28.3 Å². The Morgan fingerprint density at radius 1 is 0.897 bits per heavy atom. The third-order valence-corrected chi connectivity index (χ3v) is 6.89. The number of carbonyl (C=O) groups excluding carboxylic acids is 1. The summed E-state index contributed by atoms with van der Waals surface area (Å²) in [6.07, 6.45) is 3.05. The summed E-state index contributed by atoms with van der Waals surface area (Å²) in [5.41, 5.74) is 2.17. The molecule has 0 saturated carbocycles. The van der Waals surface area contributed by atoms with Crippen LogP contribution in [-0.4, -0.2) is 53.4 Å². The van der Waals surface area contributed by atoms with Gasteiger partial charge in [0, 0.05) is 25.4 Å². The van der Waals surface area contributed by atoms with Crippen LogP contribution in [0.1, 0.15) is 35.7 Å². The van der Waals surface area contributed by atoms with Crippen LogP contribution in [-0.2, 0) is 22.7 Å². The van der Waals surface area contributed by atoms with Crippen molar-refractivity contribution in [2.45, 2.75) is 38.1 Å². The molecule has 1 fully saturated rings. The van der Waals surface area contributed by atoms with Crippen molar-refractivity contribution in [2.24, 2.45) is 0 Å². The first-order valence-electron chi connectivity index (χ1n) is 13.3. The van der Waals surface area contributed by atoms with Crippen LogP contribution in [0.5, 0.6) is 5.75 Å². The zero-order valence-corrected chi connectivity index (χ0v) is 21.8. The highest BCUT2D eigenvalue weighted by molar-refractivity contribution is 5.82. The minimum atomic E-state index is -1.19. The summed E-state index contributed by atoms with van der Waals surface area (Å²) in [6.45, 7) is 2.61. The monoisotopic (exact) mass is 526 g/mol. The Kier molecular flexibility index (Phi) is 8.98. The van der Waals surface area contributed by atoms with Crippen LogP contribution >= 0.6 is 0 Å². The van der Waals surface area contributed by atoms with Crippen molar-refractivity contribution >= 4 is 16.9 Å². The molecule has 1 aliphatic rings. The Hall–Kier alpha value is -4.01. The van der Waals surface area contributed by atoms with E-state index < -0.39 is 12.2 Å². The van der Waals surface area contributed by atoms with E-state index in [2.05, 4.69) is 34.2 Å². The lowest BCUT2D eigenvalue weighted by Gasteiger charge is -2.39. The maximum atomic E-state index is 11.5. The number of fused-ring (bicyclic) bond motifs is 1. The fourth-order valence-electron chi connectivity index (χ4n) is 4.79. The van der Waals surface area contributed by atoms with Gasteiger partial charge in [-0.3, -0.25) is 0 Å². The summed E-state index contributed by atoms with van der Waals surface area (Å²) < 4.78 is 17.8. The van der Waals surface area contributed by atoms with Crippen molar-refractivity contribution in [3.8, 4) is 5.75 Å². The first-order chi connectivity index (χ1) is 19.2. The van der Waals surface area contributed by atoms with Crippen molar-refractivity contribution in [1.29, 1.82) is 0 Å². The number of aromatic nitrogens is 2. The van der Waals surface area contributed by atoms with Crippen LogP contribution in [0.3, 0.4) is 0 Å². The molecule has 5 rings (SSSR count). The molecule has 2 atom stereocenters. The Bertz CT molecular complexity index is 1350. The minimum Gasteiger partial charge on any atom is -0.530 e. The van der Waals surface area contributed by atoms with Crippen LogP contribution in [0.25, 0.3) is 10.8 Å². The van der Waals surface area contributed by atoms with Gasteiger partial charge in [0.1, 0.15) is 11.9 Å². The highest BCUT2D eigenvalue weighted by Gasteiger charge is 2.33. The lowest BCUT2D eigenvalue weighted by molar-refractivity contribution is -0.268. The quantitative estimate of drug-likeness (QED) is 0.268. The second-order valence-electron chi connectivity index (χ2n) is 9.66. The molecule has 3 aromatic carbocycles. The topological polar surface area (TPSA) is 96.8 Å². The number of hydrogen-bond donors (Lipinski definition) is 0. The standard InChI is InChI=1S/C31H33N3O5/c35-31(36)34-14-13-28(29(20-34)39-22-24-11-12-25-9-4-5-10-26(25)17-24)30-32-18-27(19-33-30)38-16-6-15-37-21-23-7-2-1-3-8-23/h1-5,7-12,17-19,28-29H,6,13-16,20-22H2,(H,35,36)/p-1.